The first-order valence-corrected chi connectivity index (χ1v) is 3.64. The van der Waals surface area contributed by atoms with E-state index in [2.05, 4.69) is 21.2 Å². The third-order valence-electron chi connectivity index (χ3n) is 1.92. The molecule has 3 nitrogen and oxygen atoms in total. The average Bonchev–Trinajstić information content (AvgIpc) is 2.42. The molecule has 1 aromatic rings. The minimum atomic E-state index is 0.995. The zero-order valence-electron chi connectivity index (χ0n) is 6.09. The molecule has 2 rings (SSSR count). The van der Waals surface area contributed by atoms with E-state index in [1.54, 1.807) is 0 Å². The van der Waals surface area contributed by atoms with Crippen molar-refractivity contribution >= 4 is 5.82 Å². The number of fused-ring (bicyclic) bond motifs is 1. The predicted molar refractivity (Wildman–Crippen MR) is 40.1 cm³/mol. The molecule has 0 atom stereocenters. The summed E-state index contributed by atoms with van der Waals surface area (Å²) >= 11 is 0. The number of nitrogens with zero attached hydrogens (tertiary/aromatic N) is 2. The topological polar surface area (TPSA) is 29.9 Å². The summed E-state index contributed by atoms with van der Waals surface area (Å²) in [6.45, 7) is 1.09. The van der Waals surface area contributed by atoms with E-state index < -0.39 is 0 Å². The van der Waals surface area contributed by atoms with Gasteiger partial charge < -0.3 is 5.32 Å². The second kappa shape index (κ2) is 2.01. The molecule has 1 aliphatic rings. The number of anilines is 1. The maximum absolute atomic E-state index is 4.31. The largest absolute Gasteiger partial charge is 0.372 e. The van der Waals surface area contributed by atoms with Gasteiger partial charge >= 0.3 is 0 Å². The van der Waals surface area contributed by atoms with Crippen LogP contribution in [0.25, 0.3) is 0 Å². The van der Waals surface area contributed by atoms with Gasteiger partial charge in [-0.3, -0.25) is 4.68 Å². The Labute approximate surface area is 60.0 Å². The third kappa shape index (κ3) is 0.701. The smallest absolute Gasteiger partial charge is 0.148 e. The molecule has 54 valence electrons. The maximum Gasteiger partial charge on any atom is 0.148 e. The van der Waals surface area contributed by atoms with Gasteiger partial charge in [0.15, 0.2) is 0 Å². The van der Waals surface area contributed by atoms with Crippen LogP contribution in [0.1, 0.15) is 12.1 Å². The molecule has 0 unspecified atom stereocenters. The van der Waals surface area contributed by atoms with Crippen molar-refractivity contribution in [1.29, 1.82) is 0 Å². The summed E-state index contributed by atoms with van der Waals surface area (Å²) in [4.78, 5) is 0. The van der Waals surface area contributed by atoms with Crippen LogP contribution in [0.3, 0.4) is 0 Å². The standard InChI is InChI=1S/C7H11N3/c1-8-7-5-6-3-2-4-10(6)9-7/h5H,2-4H2,1H3,(H,8,9). The Balaban J connectivity index is 2.37. The van der Waals surface area contributed by atoms with Gasteiger partial charge in [0.1, 0.15) is 5.82 Å². The molecule has 10 heavy (non-hydrogen) atoms. The third-order valence-corrected chi connectivity index (χ3v) is 1.92. The lowest BCUT2D eigenvalue weighted by Gasteiger charge is -1.91. The summed E-state index contributed by atoms with van der Waals surface area (Å²) in [6.07, 6.45) is 2.45. The van der Waals surface area contributed by atoms with Gasteiger partial charge in [-0.15, -0.1) is 0 Å². The van der Waals surface area contributed by atoms with Crippen molar-refractivity contribution in [3.05, 3.63) is 11.8 Å². The Hall–Kier alpha value is -0.990. The molecule has 0 aliphatic carbocycles. The monoisotopic (exact) mass is 137 g/mol. The highest BCUT2D eigenvalue weighted by atomic mass is 15.3. The van der Waals surface area contributed by atoms with Gasteiger partial charge in [0.2, 0.25) is 0 Å². The molecule has 0 amide bonds. The number of aromatic nitrogens is 2. The highest BCUT2D eigenvalue weighted by Gasteiger charge is 2.11. The minimum absolute atomic E-state index is 0.995. The quantitative estimate of drug-likeness (QED) is 0.622. The molecule has 0 saturated heterocycles. The molecule has 0 radical (unpaired) electrons. The molecule has 1 aliphatic heterocycles. The molecule has 2 heterocycles. The molecular weight excluding hydrogens is 126 g/mol. The first-order chi connectivity index (χ1) is 4.90. The van der Waals surface area contributed by atoms with Crippen molar-refractivity contribution in [3.8, 4) is 0 Å². The van der Waals surface area contributed by atoms with Crippen LogP contribution < -0.4 is 5.32 Å². The van der Waals surface area contributed by atoms with Gasteiger partial charge in [0, 0.05) is 25.4 Å². The van der Waals surface area contributed by atoms with E-state index in [1.165, 1.54) is 18.5 Å². The van der Waals surface area contributed by atoms with Gasteiger partial charge in [-0.2, -0.15) is 5.10 Å². The van der Waals surface area contributed by atoms with Gasteiger partial charge in [-0.05, 0) is 12.8 Å². The summed E-state index contributed by atoms with van der Waals surface area (Å²) < 4.78 is 2.08. The molecule has 0 fully saturated rings. The first kappa shape index (κ1) is 5.77. The fourth-order valence-corrected chi connectivity index (χ4v) is 1.38. The van der Waals surface area contributed by atoms with E-state index in [-0.39, 0.29) is 0 Å². The summed E-state index contributed by atoms with van der Waals surface area (Å²) in [5, 5.41) is 7.34. The molecule has 0 spiro atoms. The summed E-state index contributed by atoms with van der Waals surface area (Å²) in [7, 11) is 1.90. The summed E-state index contributed by atoms with van der Waals surface area (Å²) in [6, 6.07) is 2.12. The Morgan fingerprint density at radius 1 is 1.70 bits per heavy atom. The SMILES string of the molecule is CNc1cc2n(n1)CCC2. The number of rotatable bonds is 1. The van der Waals surface area contributed by atoms with Crippen LogP contribution in [-0.2, 0) is 13.0 Å². The lowest BCUT2D eigenvalue weighted by molar-refractivity contribution is 0.659. The number of hydrogen-bond acceptors (Lipinski definition) is 2. The van der Waals surface area contributed by atoms with E-state index in [9.17, 15) is 0 Å². The highest BCUT2D eigenvalue weighted by molar-refractivity contribution is 5.35. The predicted octanol–water partition coefficient (Wildman–Crippen LogP) is 0.871. The van der Waals surface area contributed by atoms with Gasteiger partial charge in [-0.25, -0.2) is 0 Å². The molecule has 0 bridgehead atoms. The highest BCUT2D eigenvalue weighted by Crippen LogP contribution is 2.16. The van der Waals surface area contributed by atoms with Gasteiger partial charge in [0.05, 0.1) is 0 Å². The minimum Gasteiger partial charge on any atom is -0.372 e. The van der Waals surface area contributed by atoms with E-state index >= 15 is 0 Å². The number of nitrogens with one attached hydrogen (secondary N) is 1. The first-order valence-electron chi connectivity index (χ1n) is 3.64. The molecule has 1 N–H and O–H groups in total. The van der Waals surface area contributed by atoms with Gasteiger partial charge in [0.25, 0.3) is 0 Å². The number of aryl methyl sites for hydroxylation is 2. The second-order valence-electron chi connectivity index (χ2n) is 2.60. The molecular formula is C7H11N3. The fraction of sp³-hybridized carbons (Fsp3) is 0.571. The van der Waals surface area contributed by atoms with Crippen molar-refractivity contribution in [2.24, 2.45) is 0 Å². The zero-order valence-corrected chi connectivity index (χ0v) is 6.09. The summed E-state index contributed by atoms with van der Waals surface area (Å²) in [5.74, 6) is 0.995. The van der Waals surface area contributed by atoms with Gasteiger partial charge in [-0.1, -0.05) is 0 Å². The van der Waals surface area contributed by atoms with Crippen molar-refractivity contribution in [2.45, 2.75) is 19.4 Å². The normalized spacial score (nSPS) is 15.3. The Kier molecular flexibility index (Phi) is 1.16. The van der Waals surface area contributed by atoms with Crippen molar-refractivity contribution < 1.29 is 0 Å². The lowest BCUT2D eigenvalue weighted by Crippen LogP contribution is -1.95. The second-order valence-corrected chi connectivity index (χ2v) is 2.60. The molecule has 0 saturated carbocycles. The Morgan fingerprint density at radius 2 is 2.60 bits per heavy atom. The van der Waals surface area contributed by atoms with Crippen LogP contribution in [0.2, 0.25) is 0 Å². The summed E-state index contributed by atoms with van der Waals surface area (Å²) in [5.41, 5.74) is 1.37. The lowest BCUT2D eigenvalue weighted by atomic mass is 10.3. The fourth-order valence-electron chi connectivity index (χ4n) is 1.38. The van der Waals surface area contributed by atoms with E-state index in [0.29, 0.717) is 0 Å². The van der Waals surface area contributed by atoms with Crippen molar-refractivity contribution in [2.75, 3.05) is 12.4 Å². The van der Waals surface area contributed by atoms with Crippen LogP contribution in [0, 0.1) is 0 Å². The molecule has 3 heteroatoms. The van der Waals surface area contributed by atoms with E-state index in [0.717, 1.165) is 12.4 Å². The Morgan fingerprint density at radius 3 is 3.30 bits per heavy atom. The average molecular weight is 137 g/mol. The van der Waals surface area contributed by atoms with Crippen LogP contribution in [0.4, 0.5) is 5.82 Å². The zero-order chi connectivity index (χ0) is 6.97. The Bertz CT molecular complexity index is 217. The van der Waals surface area contributed by atoms with Crippen LogP contribution in [0.15, 0.2) is 6.07 Å². The molecule has 0 aromatic carbocycles. The molecule has 1 aromatic heterocycles. The number of hydrogen-bond donors (Lipinski definition) is 1. The van der Waals surface area contributed by atoms with Crippen LogP contribution in [0.5, 0.6) is 0 Å². The van der Waals surface area contributed by atoms with Crippen LogP contribution in [-0.4, -0.2) is 16.8 Å². The van der Waals surface area contributed by atoms with Crippen molar-refractivity contribution in [1.82, 2.24) is 9.78 Å². The van der Waals surface area contributed by atoms with Crippen LogP contribution >= 0.6 is 0 Å². The van der Waals surface area contributed by atoms with E-state index in [1.807, 2.05) is 7.05 Å². The van der Waals surface area contributed by atoms with Crippen molar-refractivity contribution in [3.63, 3.8) is 0 Å². The maximum atomic E-state index is 4.31. The van der Waals surface area contributed by atoms with E-state index in [4.69, 9.17) is 0 Å².